The van der Waals surface area contributed by atoms with Crippen LogP contribution in [-0.4, -0.2) is 18.5 Å². The first-order valence-corrected chi connectivity index (χ1v) is 7.55. The third-order valence-electron chi connectivity index (χ3n) is 2.92. The van der Waals surface area contributed by atoms with Gasteiger partial charge in [-0.1, -0.05) is 29.8 Å². The molecular weight excluding hydrogens is 304 g/mol. The first kappa shape index (κ1) is 16.2. The maximum Gasteiger partial charge on any atom is 0.238 e. The summed E-state index contributed by atoms with van der Waals surface area (Å²) in [5, 5.41) is 6.12. The van der Waals surface area contributed by atoms with E-state index in [1.807, 2.05) is 24.3 Å². The zero-order chi connectivity index (χ0) is 14.3. The van der Waals surface area contributed by atoms with Gasteiger partial charge in [0.05, 0.1) is 6.54 Å². The summed E-state index contributed by atoms with van der Waals surface area (Å²) in [5.41, 5.74) is 0.824. The van der Waals surface area contributed by atoms with Crippen molar-refractivity contribution in [1.82, 2.24) is 5.32 Å². The summed E-state index contributed by atoms with van der Waals surface area (Å²) in [5.74, 6) is 0.708. The number of carbonyl (C=O) groups is 1. The van der Waals surface area contributed by atoms with Crippen LogP contribution in [0.5, 0.6) is 0 Å². The molecule has 4 heteroatoms. The van der Waals surface area contributed by atoms with E-state index in [1.165, 1.54) is 6.42 Å². The second kappa shape index (κ2) is 8.33. The lowest BCUT2D eigenvalue weighted by Gasteiger charge is -2.14. The summed E-state index contributed by atoms with van der Waals surface area (Å²) in [7, 11) is 0. The molecule has 0 heterocycles. The molecule has 0 saturated heterocycles. The highest BCUT2D eigenvalue weighted by molar-refractivity contribution is 9.10. The molecule has 1 rings (SSSR count). The predicted octanol–water partition coefficient (Wildman–Crippen LogP) is 3.80. The average molecular weight is 327 g/mol. The van der Waals surface area contributed by atoms with Gasteiger partial charge in [0.15, 0.2) is 0 Å². The summed E-state index contributed by atoms with van der Waals surface area (Å²) in [6.45, 7) is 6.91. The van der Waals surface area contributed by atoms with Gasteiger partial charge < -0.3 is 10.6 Å². The number of amides is 1. The molecule has 1 aromatic rings. The predicted molar refractivity (Wildman–Crippen MR) is 84.3 cm³/mol. The quantitative estimate of drug-likeness (QED) is 0.800. The zero-order valence-electron chi connectivity index (χ0n) is 11.9. The molecule has 1 atom stereocenters. The van der Waals surface area contributed by atoms with Crippen LogP contribution in [0.1, 0.15) is 33.6 Å². The number of anilines is 1. The average Bonchev–Trinajstić information content (AvgIpc) is 2.36. The first-order valence-electron chi connectivity index (χ1n) is 6.76. The van der Waals surface area contributed by atoms with Crippen molar-refractivity contribution in [2.75, 3.05) is 11.9 Å². The summed E-state index contributed by atoms with van der Waals surface area (Å²) >= 11 is 3.37. The molecule has 1 unspecified atom stereocenters. The molecule has 1 aromatic carbocycles. The molecule has 0 saturated carbocycles. The third-order valence-corrected chi connectivity index (χ3v) is 3.44. The van der Waals surface area contributed by atoms with Crippen LogP contribution in [-0.2, 0) is 4.79 Å². The van der Waals surface area contributed by atoms with Crippen molar-refractivity contribution in [1.29, 1.82) is 0 Å². The Hall–Kier alpha value is -0.870. The van der Waals surface area contributed by atoms with Crippen LogP contribution >= 0.6 is 15.9 Å². The van der Waals surface area contributed by atoms with Crippen LogP contribution in [0.2, 0.25) is 0 Å². The molecule has 3 nitrogen and oxygen atoms in total. The summed E-state index contributed by atoms with van der Waals surface area (Å²) in [4.78, 5) is 11.8. The van der Waals surface area contributed by atoms with Crippen molar-refractivity contribution >= 4 is 27.5 Å². The number of nitrogens with one attached hydrogen (secondary N) is 2. The molecular formula is C15H23BrN2O. The Balaban J connectivity index is 2.26. The summed E-state index contributed by atoms with van der Waals surface area (Å²) in [6, 6.07) is 7.95. The molecule has 0 aliphatic heterocycles. The van der Waals surface area contributed by atoms with Gasteiger partial charge >= 0.3 is 0 Å². The van der Waals surface area contributed by atoms with E-state index in [1.54, 1.807) is 0 Å². The highest BCUT2D eigenvalue weighted by atomic mass is 79.9. The largest absolute Gasteiger partial charge is 0.325 e. The van der Waals surface area contributed by atoms with Crippen LogP contribution in [0.15, 0.2) is 28.7 Å². The first-order chi connectivity index (χ1) is 8.97. The Bertz CT molecular complexity index is 390. The highest BCUT2D eigenvalue weighted by Gasteiger charge is 2.06. The van der Waals surface area contributed by atoms with Crippen molar-refractivity contribution in [2.24, 2.45) is 5.92 Å². The monoisotopic (exact) mass is 326 g/mol. The molecule has 0 fully saturated rings. The Morgan fingerprint density at radius 3 is 2.37 bits per heavy atom. The van der Waals surface area contributed by atoms with Gasteiger partial charge in [-0.3, -0.25) is 4.79 Å². The van der Waals surface area contributed by atoms with E-state index in [0.717, 1.165) is 16.6 Å². The van der Waals surface area contributed by atoms with Crippen molar-refractivity contribution in [2.45, 2.75) is 39.7 Å². The number of halogens is 1. The van der Waals surface area contributed by atoms with Gasteiger partial charge in [0, 0.05) is 16.2 Å². The summed E-state index contributed by atoms with van der Waals surface area (Å²) in [6.07, 6.45) is 2.28. The molecule has 2 N–H and O–H groups in total. The van der Waals surface area contributed by atoms with Gasteiger partial charge in [0.25, 0.3) is 0 Å². The lowest BCUT2D eigenvalue weighted by atomic mass is 10.0. The lowest BCUT2D eigenvalue weighted by molar-refractivity contribution is -0.115. The Morgan fingerprint density at radius 2 is 1.79 bits per heavy atom. The van der Waals surface area contributed by atoms with E-state index in [9.17, 15) is 4.79 Å². The topological polar surface area (TPSA) is 41.1 Å². The van der Waals surface area contributed by atoms with Crippen LogP contribution in [0.25, 0.3) is 0 Å². The van der Waals surface area contributed by atoms with Gasteiger partial charge in [-0.25, -0.2) is 0 Å². The molecule has 0 bridgehead atoms. The fourth-order valence-corrected chi connectivity index (χ4v) is 1.96. The van der Waals surface area contributed by atoms with Crippen LogP contribution in [0, 0.1) is 5.92 Å². The fraction of sp³-hybridized carbons (Fsp3) is 0.533. The normalized spacial score (nSPS) is 12.5. The number of benzene rings is 1. The zero-order valence-corrected chi connectivity index (χ0v) is 13.5. The standard InChI is InChI=1S/C15H23BrN2O/c1-11(2)4-5-12(3)17-10-15(19)18-14-8-6-13(16)7-9-14/h6-9,11-12,17H,4-5,10H2,1-3H3,(H,18,19). The molecule has 1 amide bonds. The van der Waals surface area contributed by atoms with Crippen LogP contribution < -0.4 is 10.6 Å². The second-order valence-corrected chi connectivity index (χ2v) is 6.22. The van der Waals surface area contributed by atoms with E-state index < -0.39 is 0 Å². The van der Waals surface area contributed by atoms with Gasteiger partial charge in [-0.2, -0.15) is 0 Å². The minimum atomic E-state index is -0.00119. The Labute approximate surface area is 124 Å². The smallest absolute Gasteiger partial charge is 0.238 e. The van der Waals surface area contributed by atoms with Crippen molar-refractivity contribution in [3.8, 4) is 0 Å². The molecule has 0 spiro atoms. The number of hydrogen-bond acceptors (Lipinski definition) is 2. The minimum absolute atomic E-state index is 0.00119. The fourth-order valence-electron chi connectivity index (χ4n) is 1.69. The summed E-state index contributed by atoms with van der Waals surface area (Å²) < 4.78 is 1.01. The molecule has 0 radical (unpaired) electrons. The number of carbonyl (C=O) groups excluding carboxylic acids is 1. The molecule has 0 aliphatic rings. The third kappa shape index (κ3) is 7.33. The van der Waals surface area contributed by atoms with Crippen molar-refractivity contribution in [3.63, 3.8) is 0 Å². The Kier molecular flexibility index (Phi) is 7.10. The Morgan fingerprint density at radius 1 is 1.16 bits per heavy atom. The second-order valence-electron chi connectivity index (χ2n) is 5.31. The van der Waals surface area contributed by atoms with Gasteiger partial charge in [-0.05, 0) is 49.9 Å². The molecule has 0 aliphatic carbocycles. The van der Waals surface area contributed by atoms with E-state index in [-0.39, 0.29) is 5.91 Å². The van der Waals surface area contributed by atoms with Crippen molar-refractivity contribution < 1.29 is 4.79 Å². The van der Waals surface area contributed by atoms with E-state index in [0.29, 0.717) is 18.5 Å². The molecule has 0 aromatic heterocycles. The van der Waals surface area contributed by atoms with E-state index in [2.05, 4.69) is 47.3 Å². The molecule has 106 valence electrons. The van der Waals surface area contributed by atoms with E-state index >= 15 is 0 Å². The van der Waals surface area contributed by atoms with Gasteiger partial charge in [0.2, 0.25) is 5.91 Å². The minimum Gasteiger partial charge on any atom is -0.325 e. The van der Waals surface area contributed by atoms with Crippen molar-refractivity contribution in [3.05, 3.63) is 28.7 Å². The van der Waals surface area contributed by atoms with Gasteiger partial charge in [-0.15, -0.1) is 0 Å². The van der Waals surface area contributed by atoms with E-state index in [4.69, 9.17) is 0 Å². The maximum atomic E-state index is 11.8. The van der Waals surface area contributed by atoms with Crippen LogP contribution in [0.3, 0.4) is 0 Å². The highest BCUT2D eigenvalue weighted by Crippen LogP contribution is 2.13. The maximum absolute atomic E-state index is 11.8. The number of hydrogen-bond donors (Lipinski definition) is 2. The van der Waals surface area contributed by atoms with Gasteiger partial charge in [0.1, 0.15) is 0 Å². The number of rotatable bonds is 7. The SMILES string of the molecule is CC(C)CCC(C)NCC(=O)Nc1ccc(Br)cc1. The lowest BCUT2D eigenvalue weighted by Crippen LogP contribution is -2.34. The van der Waals surface area contributed by atoms with Crippen LogP contribution in [0.4, 0.5) is 5.69 Å². The molecule has 19 heavy (non-hydrogen) atoms.